The predicted molar refractivity (Wildman–Crippen MR) is 74.3 cm³/mol. The van der Waals surface area contributed by atoms with Crippen molar-refractivity contribution in [2.75, 3.05) is 44.4 Å². The van der Waals surface area contributed by atoms with Gasteiger partial charge in [-0.2, -0.15) is 0 Å². The van der Waals surface area contributed by atoms with Gasteiger partial charge in [0.15, 0.2) is 9.84 Å². The lowest BCUT2D eigenvalue weighted by Crippen LogP contribution is -2.45. The number of morpholine rings is 1. The zero-order valence-corrected chi connectivity index (χ0v) is 12.7. The van der Waals surface area contributed by atoms with Gasteiger partial charge in [-0.1, -0.05) is 0 Å². The number of amides is 2. The molecule has 2 atom stereocenters. The van der Waals surface area contributed by atoms with Crippen molar-refractivity contribution in [2.45, 2.75) is 18.9 Å². The van der Waals surface area contributed by atoms with E-state index < -0.39 is 9.84 Å². The van der Waals surface area contributed by atoms with Gasteiger partial charge < -0.3 is 14.5 Å². The largest absolute Gasteiger partial charge is 0.378 e. The van der Waals surface area contributed by atoms with Crippen LogP contribution in [-0.4, -0.2) is 80.4 Å². The Morgan fingerprint density at radius 2 is 1.95 bits per heavy atom. The summed E-state index contributed by atoms with van der Waals surface area (Å²) in [6.45, 7) is 2.58. The number of nitrogens with zero attached hydrogens (tertiary/aromatic N) is 2. The van der Waals surface area contributed by atoms with E-state index in [1.165, 1.54) is 0 Å². The fourth-order valence-corrected chi connectivity index (χ4v) is 5.04. The fourth-order valence-electron chi connectivity index (χ4n) is 3.31. The second-order valence-electron chi connectivity index (χ2n) is 5.94. The molecule has 0 radical (unpaired) electrons. The van der Waals surface area contributed by atoms with E-state index in [0.29, 0.717) is 39.3 Å². The summed E-state index contributed by atoms with van der Waals surface area (Å²) in [4.78, 5) is 27.9. The summed E-state index contributed by atoms with van der Waals surface area (Å²) in [6.07, 6.45) is 0.694. The molecule has 0 aromatic heterocycles. The Balaban J connectivity index is 1.63. The van der Waals surface area contributed by atoms with Crippen LogP contribution in [0.5, 0.6) is 0 Å². The van der Waals surface area contributed by atoms with Gasteiger partial charge in [0.1, 0.15) is 0 Å². The molecule has 3 heterocycles. The van der Waals surface area contributed by atoms with Crippen molar-refractivity contribution in [3.63, 3.8) is 0 Å². The van der Waals surface area contributed by atoms with E-state index >= 15 is 0 Å². The zero-order chi connectivity index (χ0) is 15.0. The Morgan fingerprint density at radius 1 is 1.24 bits per heavy atom. The maximum atomic E-state index is 12.4. The van der Waals surface area contributed by atoms with Crippen LogP contribution >= 0.6 is 0 Å². The van der Waals surface area contributed by atoms with Gasteiger partial charge in [0.25, 0.3) is 0 Å². The SMILES string of the molecule is O=C(C1CC(=O)N(C2CCS(=O)(=O)C2)C1)N1CCOCC1. The summed E-state index contributed by atoms with van der Waals surface area (Å²) >= 11 is 0. The van der Waals surface area contributed by atoms with Crippen LogP contribution in [0.1, 0.15) is 12.8 Å². The molecule has 0 spiro atoms. The van der Waals surface area contributed by atoms with Crippen LogP contribution in [0.2, 0.25) is 0 Å². The molecule has 0 saturated carbocycles. The highest BCUT2D eigenvalue weighted by molar-refractivity contribution is 7.91. The summed E-state index contributed by atoms with van der Waals surface area (Å²) in [5.74, 6) is -0.251. The van der Waals surface area contributed by atoms with Crippen LogP contribution in [0.25, 0.3) is 0 Å². The molecule has 8 heteroatoms. The number of rotatable bonds is 2. The summed E-state index contributed by atoms with van der Waals surface area (Å²) in [7, 11) is -3.02. The molecular formula is C13H20N2O5S. The molecular weight excluding hydrogens is 296 g/mol. The molecule has 2 amide bonds. The molecule has 0 aliphatic carbocycles. The first-order chi connectivity index (χ1) is 9.96. The Labute approximate surface area is 124 Å². The third kappa shape index (κ3) is 3.06. The smallest absolute Gasteiger partial charge is 0.228 e. The molecule has 3 aliphatic heterocycles. The third-order valence-corrected chi connectivity index (χ3v) is 6.23. The molecule has 7 nitrogen and oxygen atoms in total. The lowest BCUT2D eigenvalue weighted by molar-refractivity contribution is -0.139. The maximum Gasteiger partial charge on any atom is 0.228 e. The van der Waals surface area contributed by atoms with Crippen molar-refractivity contribution in [2.24, 2.45) is 5.92 Å². The lowest BCUT2D eigenvalue weighted by atomic mass is 10.1. The lowest BCUT2D eigenvalue weighted by Gasteiger charge is -2.29. The first kappa shape index (κ1) is 14.8. The van der Waals surface area contributed by atoms with E-state index in [2.05, 4.69) is 0 Å². The summed E-state index contributed by atoms with van der Waals surface area (Å²) < 4.78 is 28.3. The maximum absolute atomic E-state index is 12.4. The number of carbonyl (C=O) groups excluding carboxylic acids is 2. The van der Waals surface area contributed by atoms with Gasteiger partial charge in [0.2, 0.25) is 11.8 Å². The second-order valence-corrected chi connectivity index (χ2v) is 8.17. The van der Waals surface area contributed by atoms with Crippen molar-refractivity contribution in [3.8, 4) is 0 Å². The Kier molecular flexibility index (Phi) is 3.92. The second kappa shape index (κ2) is 5.57. The Morgan fingerprint density at radius 3 is 2.57 bits per heavy atom. The summed E-state index contributed by atoms with van der Waals surface area (Å²) in [5.41, 5.74) is 0. The Bertz CT molecular complexity index is 541. The number of carbonyl (C=O) groups is 2. The van der Waals surface area contributed by atoms with Gasteiger partial charge >= 0.3 is 0 Å². The highest BCUT2D eigenvalue weighted by Gasteiger charge is 2.42. The van der Waals surface area contributed by atoms with Gasteiger partial charge in [0.05, 0.1) is 30.6 Å². The van der Waals surface area contributed by atoms with Gasteiger partial charge in [-0.05, 0) is 6.42 Å². The highest BCUT2D eigenvalue weighted by atomic mass is 32.2. The molecule has 3 fully saturated rings. The molecule has 0 aromatic rings. The molecule has 3 aliphatic rings. The van der Waals surface area contributed by atoms with E-state index in [4.69, 9.17) is 4.74 Å². The monoisotopic (exact) mass is 316 g/mol. The van der Waals surface area contributed by atoms with Crippen molar-refractivity contribution >= 4 is 21.7 Å². The average molecular weight is 316 g/mol. The van der Waals surface area contributed by atoms with Gasteiger partial charge in [-0.25, -0.2) is 8.42 Å². The Hall–Kier alpha value is -1.15. The quantitative estimate of drug-likeness (QED) is 0.644. The summed E-state index contributed by atoms with van der Waals surface area (Å²) in [6, 6.07) is -0.245. The first-order valence-electron chi connectivity index (χ1n) is 7.33. The minimum Gasteiger partial charge on any atom is -0.378 e. The standard InChI is InChI=1S/C13H20N2O5S/c16-12-7-10(13(17)14-2-4-20-5-3-14)8-15(12)11-1-6-21(18,19)9-11/h10-11H,1-9H2. The van der Waals surface area contributed by atoms with E-state index in [1.807, 2.05) is 0 Å². The molecule has 0 aromatic carbocycles. The van der Waals surface area contributed by atoms with Crippen LogP contribution in [0, 0.1) is 5.92 Å². The van der Waals surface area contributed by atoms with Crippen molar-refractivity contribution in [1.29, 1.82) is 0 Å². The van der Waals surface area contributed by atoms with Crippen LogP contribution < -0.4 is 0 Å². The molecule has 0 N–H and O–H groups in total. The average Bonchev–Trinajstić information content (AvgIpc) is 3.01. The number of ether oxygens (including phenoxy) is 1. The van der Waals surface area contributed by atoms with Crippen LogP contribution in [0.3, 0.4) is 0 Å². The first-order valence-corrected chi connectivity index (χ1v) is 9.15. The number of hydrogen-bond donors (Lipinski definition) is 0. The van der Waals surface area contributed by atoms with Crippen LogP contribution in [0.15, 0.2) is 0 Å². The zero-order valence-electron chi connectivity index (χ0n) is 11.9. The topological polar surface area (TPSA) is 84.0 Å². The molecule has 3 rings (SSSR count). The van der Waals surface area contributed by atoms with E-state index in [0.717, 1.165) is 0 Å². The van der Waals surface area contributed by atoms with Crippen molar-refractivity contribution < 1.29 is 22.7 Å². The molecule has 0 bridgehead atoms. The van der Waals surface area contributed by atoms with Crippen LogP contribution in [-0.2, 0) is 24.2 Å². The molecule has 118 valence electrons. The number of sulfone groups is 1. The highest BCUT2D eigenvalue weighted by Crippen LogP contribution is 2.27. The minimum absolute atomic E-state index is 0.00463. The minimum atomic E-state index is -3.02. The van der Waals surface area contributed by atoms with E-state index in [9.17, 15) is 18.0 Å². The number of likely N-dealkylation sites (tertiary alicyclic amines) is 1. The molecule has 2 unspecified atom stereocenters. The van der Waals surface area contributed by atoms with E-state index in [-0.39, 0.29) is 41.7 Å². The predicted octanol–water partition coefficient (Wildman–Crippen LogP) is -1.12. The van der Waals surface area contributed by atoms with Gasteiger partial charge in [-0.15, -0.1) is 0 Å². The molecule has 21 heavy (non-hydrogen) atoms. The fraction of sp³-hybridized carbons (Fsp3) is 0.846. The molecule has 3 saturated heterocycles. The van der Waals surface area contributed by atoms with Gasteiger partial charge in [0, 0.05) is 32.1 Å². The van der Waals surface area contributed by atoms with Crippen LogP contribution in [0.4, 0.5) is 0 Å². The van der Waals surface area contributed by atoms with Gasteiger partial charge in [-0.3, -0.25) is 9.59 Å². The third-order valence-electron chi connectivity index (χ3n) is 4.48. The van der Waals surface area contributed by atoms with E-state index in [1.54, 1.807) is 9.80 Å². The normalized spacial score (nSPS) is 32.7. The summed E-state index contributed by atoms with van der Waals surface area (Å²) in [5, 5.41) is 0. The van der Waals surface area contributed by atoms with Crippen molar-refractivity contribution in [1.82, 2.24) is 9.80 Å². The number of hydrogen-bond acceptors (Lipinski definition) is 5. The van der Waals surface area contributed by atoms with Crippen molar-refractivity contribution in [3.05, 3.63) is 0 Å².